The zero-order valence-corrected chi connectivity index (χ0v) is 12.1. The molecule has 0 unspecified atom stereocenters. The van der Waals surface area contributed by atoms with Crippen molar-refractivity contribution < 1.29 is 9.53 Å². The highest BCUT2D eigenvalue weighted by Crippen LogP contribution is 2.24. The topological polar surface area (TPSA) is 44.8 Å². The lowest BCUT2D eigenvalue weighted by molar-refractivity contribution is 0.176. The number of carbonyl (C=O) groups is 1. The van der Waals surface area contributed by atoms with Gasteiger partial charge in [0.05, 0.1) is 6.61 Å². The third-order valence-electron chi connectivity index (χ3n) is 4.24. The molecule has 0 atom stereocenters. The van der Waals surface area contributed by atoms with Crippen LogP contribution in [0.4, 0.5) is 4.79 Å². The van der Waals surface area contributed by atoms with Gasteiger partial charge in [-0.05, 0) is 19.3 Å². The van der Waals surface area contributed by atoms with Gasteiger partial charge in [0.1, 0.15) is 0 Å². The van der Waals surface area contributed by atoms with Gasteiger partial charge in [0.25, 0.3) is 0 Å². The molecule has 0 radical (unpaired) electrons. The van der Waals surface area contributed by atoms with E-state index in [1.807, 2.05) is 4.90 Å². The van der Waals surface area contributed by atoms with E-state index in [1.54, 1.807) is 7.11 Å². The van der Waals surface area contributed by atoms with Crippen LogP contribution in [0.1, 0.15) is 32.1 Å². The number of methoxy groups -OCH3 is 1. The van der Waals surface area contributed by atoms with Crippen LogP contribution in [0, 0.1) is 0 Å². The van der Waals surface area contributed by atoms with Crippen LogP contribution in [-0.2, 0) is 4.74 Å². The molecule has 19 heavy (non-hydrogen) atoms. The van der Waals surface area contributed by atoms with Crippen molar-refractivity contribution in [1.82, 2.24) is 15.1 Å². The first-order chi connectivity index (χ1) is 9.31. The Morgan fingerprint density at radius 2 is 1.95 bits per heavy atom. The summed E-state index contributed by atoms with van der Waals surface area (Å²) in [4.78, 5) is 16.5. The lowest BCUT2D eigenvalue weighted by Crippen LogP contribution is -2.43. The molecule has 5 heteroatoms. The van der Waals surface area contributed by atoms with Crippen molar-refractivity contribution in [2.24, 2.45) is 0 Å². The van der Waals surface area contributed by atoms with Crippen LogP contribution in [0.3, 0.4) is 0 Å². The summed E-state index contributed by atoms with van der Waals surface area (Å²) in [7, 11) is 1.65. The van der Waals surface area contributed by atoms with Gasteiger partial charge in [-0.25, -0.2) is 4.79 Å². The minimum Gasteiger partial charge on any atom is -0.383 e. The van der Waals surface area contributed by atoms with Crippen molar-refractivity contribution in [1.29, 1.82) is 0 Å². The second-order valence-corrected chi connectivity index (χ2v) is 5.54. The van der Waals surface area contributed by atoms with Gasteiger partial charge in [0.15, 0.2) is 0 Å². The highest BCUT2D eigenvalue weighted by molar-refractivity contribution is 5.74. The van der Waals surface area contributed by atoms with Gasteiger partial charge in [-0.15, -0.1) is 0 Å². The fraction of sp³-hybridized carbons (Fsp3) is 0.929. The van der Waals surface area contributed by atoms with E-state index in [4.69, 9.17) is 4.74 Å². The van der Waals surface area contributed by atoms with Crippen LogP contribution < -0.4 is 5.32 Å². The second kappa shape index (κ2) is 7.70. The third kappa shape index (κ3) is 4.35. The van der Waals surface area contributed by atoms with Crippen LogP contribution in [0.15, 0.2) is 0 Å². The maximum absolute atomic E-state index is 12.0. The summed E-state index contributed by atoms with van der Waals surface area (Å²) in [6.45, 7) is 5.08. The summed E-state index contributed by atoms with van der Waals surface area (Å²) in [5.74, 6) is 0. The number of ether oxygens (including phenoxy) is 1. The Labute approximate surface area is 116 Å². The molecule has 1 saturated heterocycles. The van der Waals surface area contributed by atoms with E-state index in [9.17, 15) is 4.79 Å². The summed E-state index contributed by atoms with van der Waals surface area (Å²) in [5, 5.41) is 2.91. The molecule has 1 heterocycles. The number of nitrogens with one attached hydrogen (secondary N) is 1. The predicted octanol–water partition coefficient (Wildman–Crippen LogP) is 1.29. The number of urea groups is 1. The van der Waals surface area contributed by atoms with E-state index >= 15 is 0 Å². The van der Waals surface area contributed by atoms with E-state index < -0.39 is 0 Å². The van der Waals surface area contributed by atoms with Crippen molar-refractivity contribution in [3.05, 3.63) is 0 Å². The minimum atomic E-state index is 0.0605. The molecule has 2 aliphatic rings. The number of nitrogens with zero attached hydrogens (tertiary/aromatic N) is 2. The van der Waals surface area contributed by atoms with Crippen LogP contribution in [0.25, 0.3) is 0 Å². The first kappa shape index (κ1) is 14.6. The highest BCUT2D eigenvalue weighted by atomic mass is 16.5. The molecule has 1 saturated carbocycles. The highest BCUT2D eigenvalue weighted by Gasteiger charge is 2.25. The Bertz CT molecular complexity index is 280. The van der Waals surface area contributed by atoms with E-state index in [0.29, 0.717) is 13.2 Å². The van der Waals surface area contributed by atoms with Gasteiger partial charge in [0, 0.05) is 45.9 Å². The van der Waals surface area contributed by atoms with Gasteiger partial charge < -0.3 is 15.0 Å². The molecule has 2 rings (SSSR count). The normalized spacial score (nSPS) is 22.5. The molecule has 0 aromatic heterocycles. The fourth-order valence-electron chi connectivity index (χ4n) is 3.15. The molecule has 1 N–H and O–H groups in total. The van der Waals surface area contributed by atoms with Gasteiger partial charge in [-0.1, -0.05) is 12.8 Å². The Hall–Kier alpha value is -0.810. The molecule has 0 bridgehead atoms. The van der Waals surface area contributed by atoms with Crippen LogP contribution in [-0.4, -0.2) is 68.3 Å². The molecule has 0 spiro atoms. The van der Waals surface area contributed by atoms with E-state index in [-0.39, 0.29) is 6.03 Å². The smallest absolute Gasteiger partial charge is 0.317 e. The average molecular weight is 269 g/mol. The number of hydrogen-bond donors (Lipinski definition) is 1. The zero-order valence-electron chi connectivity index (χ0n) is 12.1. The molecule has 2 amide bonds. The fourth-order valence-corrected chi connectivity index (χ4v) is 3.15. The molecule has 5 nitrogen and oxygen atoms in total. The maximum Gasteiger partial charge on any atom is 0.317 e. The van der Waals surface area contributed by atoms with Gasteiger partial charge in [-0.3, -0.25) is 4.90 Å². The Kier molecular flexibility index (Phi) is 5.92. The summed E-state index contributed by atoms with van der Waals surface area (Å²) in [6, 6.07) is 0.835. The predicted molar refractivity (Wildman–Crippen MR) is 75.3 cm³/mol. The third-order valence-corrected chi connectivity index (χ3v) is 4.24. The molecule has 1 aliphatic carbocycles. The maximum atomic E-state index is 12.0. The summed E-state index contributed by atoms with van der Waals surface area (Å²) >= 11 is 0. The Morgan fingerprint density at radius 1 is 1.16 bits per heavy atom. The number of rotatable bonds is 4. The molecule has 1 aliphatic heterocycles. The van der Waals surface area contributed by atoms with Crippen molar-refractivity contribution in [3.63, 3.8) is 0 Å². The molecular formula is C14H27N3O2. The first-order valence-electron chi connectivity index (χ1n) is 7.57. The number of carbonyl (C=O) groups excluding carboxylic acids is 1. The van der Waals surface area contributed by atoms with Crippen LogP contribution >= 0.6 is 0 Å². The average Bonchev–Trinajstić information content (AvgIpc) is 2.83. The molecule has 0 aromatic carbocycles. The lowest BCUT2D eigenvalue weighted by atomic mass is 10.2. The standard InChI is InChI=1S/C14H27N3O2/c1-19-12-7-15-14(18)17-9-4-8-16(10-11-17)13-5-2-3-6-13/h13H,2-12H2,1H3,(H,15,18). The van der Waals surface area contributed by atoms with Crippen molar-refractivity contribution >= 4 is 6.03 Å². The number of hydrogen-bond acceptors (Lipinski definition) is 3. The van der Waals surface area contributed by atoms with E-state index in [1.165, 1.54) is 25.7 Å². The Morgan fingerprint density at radius 3 is 2.68 bits per heavy atom. The second-order valence-electron chi connectivity index (χ2n) is 5.54. The Balaban J connectivity index is 1.74. The number of amides is 2. The van der Waals surface area contributed by atoms with Gasteiger partial charge in [0.2, 0.25) is 0 Å². The molecule has 0 aromatic rings. The SMILES string of the molecule is COCCNC(=O)N1CCCN(C2CCCC2)CC1. The summed E-state index contributed by atoms with van der Waals surface area (Å²) in [5.41, 5.74) is 0. The van der Waals surface area contributed by atoms with Gasteiger partial charge in [-0.2, -0.15) is 0 Å². The van der Waals surface area contributed by atoms with E-state index in [2.05, 4.69) is 10.2 Å². The molecule has 2 fully saturated rings. The molecular weight excluding hydrogens is 242 g/mol. The molecule has 110 valence electrons. The largest absolute Gasteiger partial charge is 0.383 e. The lowest BCUT2D eigenvalue weighted by Gasteiger charge is -2.27. The van der Waals surface area contributed by atoms with E-state index in [0.717, 1.165) is 38.6 Å². The summed E-state index contributed by atoms with van der Waals surface area (Å²) < 4.78 is 4.95. The van der Waals surface area contributed by atoms with Crippen LogP contribution in [0.2, 0.25) is 0 Å². The van der Waals surface area contributed by atoms with Crippen molar-refractivity contribution in [2.45, 2.75) is 38.1 Å². The minimum absolute atomic E-state index is 0.0605. The summed E-state index contributed by atoms with van der Waals surface area (Å²) in [6.07, 6.45) is 6.54. The van der Waals surface area contributed by atoms with Gasteiger partial charge >= 0.3 is 6.03 Å². The zero-order chi connectivity index (χ0) is 13.5. The van der Waals surface area contributed by atoms with Crippen molar-refractivity contribution in [2.75, 3.05) is 46.4 Å². The first-order valence-corrected chi connectivity index (χ1v) is 7.57. The van der Waals surface area contributed by atoms with Crippen molar-refractivity contribution in [3.8, 4) is 0 Å². The van der Waals surface area contributed by atoms with Crippen LogP contribution in [0.5, 0.6) is 0 Å². The monoisotopic (exact) mass is 269 g/mol. The quantitative estimate of drug-likeness (QED) is 0.782.